The fraction of sp³-hybridized carbons (Fsp3) is 0.308. The van der Waals surface area contributed by atoms with Crippen LogP contribution in [0.1, 0.15) is 12.0 Å². The van der Waals surface area contributed by atoms with Crippen molar-refractivity contribution in [2.45, 2.75) is 12.2 Å². The van der Waals surface area contributed by atoms with Crippen molar-refractivity contribution in [3.63, 3.8) is 0 Å². The van der Waals surface area contributed by atoms with Crippen LogP contribution in [0.3, 0.4) is 0 Å². The van der Waals surface area contributed by atoms with E-state index in [1.54, 1.807) is 0 Å². The van der Waals surface area contributed by atoms with E-state index in [1.807, 2.05) is 24.0 Å². The number of rotatable bonds is 5. The summed E-state index contributed by atoms with van der Waals surface area (Å²) in [7, 11) is 0. The summed E-state index contributed by atoms with van der Waals surface area (Å²) < 4.78 is 0. The van der Waals surface area contributed by atoms with E-state index in [-0.39, 0.29) is 0 Å². The maximum absolute atomic E-state index is 5.66. The minimum atomic E-state index is 0.754. The molecule has 0 saturated carbocycles. The first-order chi connectivity index (χ1) is 7.92. The van der Waals surface area contributed by atoms with E-state index in [4.69, 9.17) is 11.6 Å². The highest BCUT2D eigenvalue weighted by molar-refractivity contribution is 7.98. The molecule has 2 rings (SSSR count). The molecule has 1 nitrogen and oxygen atoms in total. The highest BCUT2D eigenvalue weighted by Gasteiger charge is 2.00. The summed E-state index contributed by atoms with van der Waals surface area (Å²) in [5.41, 5.74) is 2.45. The number of hydrogen-bond acceptors (Lipinski definition) is 2. The smallest absolute Gasteiger partial charge is 0.0705 e. The molecule has 0 aliphatic rings. The van der Waals surface area contributed by atoms with Crippen LogP contribution >= 0.6 is 23.4 Å². The van der Waals surface area contributed by atoms with Crippen LogP contribution in [0.25, 0.3) is 10.9 Å². The average Bonchev–Trinajstić information content (AvgIpc) is 2.35. The van der Waals surface area contributed by atoms with E-state index in [2.05, 4.69) is 29.2 Å². The molecular weight excluding hydrogens is 238 g/mol. The van der Waals surface area contributed by atoms with Gasteiger partial charge in [0.1, 0.15) is 0 Å². The van der Waals surface area contributed by atoms with Gasteiger partial charge in [-0.2, -0.15) is 11.8 Å². The highest BCUT2D eigenvalue weighted by Crippen LogP contribution is 2.21. The summed E-state index contributed by atoms with van der Waals surface area (Å²) in [5.74, 6) is 2.92. The monoisotopic (exact) mass is 251 g/mol. The Kier molecular flexibility index (Phi) is 4.49. The van der Waals surface area contributed by atoms with Crippen LogP contribution < -0.4 is 0 Å². The molecule has 0 bridgehead atoms. The van der Waals surface area contributed by atoms with Crippen LogP contribution in [0.5, 0.6) is 0 Å². The molecule has 0 amide bonds. The Morgan fingerprint density at radius 2 is 2.06 bits per heavy atom. The third-order valence-corrected chi connectivity index (χ3v) is 3.78. The third-order valence-electron chi connectivity index (χ3n) is 2.42. The quantitative estimate of drug-likeness (QED) is 0.586. The number of thioether (sulfide) groups is 1. The Hall–Kier alpha value is -0.730. The molecule has 0 aliphatic heterocycles. The molecular formula is C13H14ClNS. The van der Waals surface area contributed by atoms with Crippen molar-refractivity contribution < 1.29 is 0 Å². The first kappa shape index (κ1) is 11.7. The normalized spacial score (nSPS) is 10.8. The van der Waals surface area contributed by atoms with Gasteiger partial charge in [-0.15, -0.1) is 11.6 Å². The number of fused-ring (bicyclic) bond motifs is 1. The van der Waals surface area contributed by atoms with Crippen LogP contribution in [0.15, 0.2) is 36.5 Å². The van der Waals surface area contributed by atoms with E-state index in [9.17, 15) is 0 Å². The molecule has 1 aromatic heterocycles. The standard InChI is InChI=1S/C13H14ClNS/c14-7-3-9-16-10-11-6-8-15-13-5-2-1-4-12(11)13/h1-2,4-6,8H,3,7,9-10H2. The van der Waals surface area contributed by atoms with Gasteiger partial charge >= 0.3 is 0 Å². The summed E-state index contributed by atoms with van der Waals surface area (Å²) in [6, 6.07) is 10.4. The van der Waals surface area contributed by atoms with Crippen molar-refractivity contribution in [2.24, 2.45) is 0 Å². The van der Waals surface area contributed by atoms with Gasteiger partial charge in [0.2, 0.25) is 0 Å². The fourth-order valence-corrected chi connectivity index (χ4v) is 2.88. The summed E-state index contributed by atoms with van der Waals surface area (Å²) in [4.78, 5) is 4.36. The molecule has 1 heterocycles. The first-order valence-electron chi connectivity index (χ1n) is 5.38. The Morgan fingerprint density at radius 1 is 1.19 bits per heavy atom. The summed E-state index contributed by atoms with van der Waals surface area (Å²) >= 11 is 7.59. The number of nitrogens with zero attached hydrogens (tertiary/aromatic N) is 1. The molecule has 0 unspecified atom stereocenters. The van der Waals surface area contributed by atoms with Crippen molar-refractivity contribution in [1.82, 2.24) is 4.98 Å². The van der Waals surface area contributed by atoms with Crippen LogP contribution in [0.2, 0.25) is 0 Å². The molecule has 3 heteroatoms. The lowest BCUT2D eigenvalue weighted by Gasteiger charge is -2.05. The van der Waals surface area contributed by atoms with E-state index >= 15 is 0 Å². The Morgan fingerprint density at radius 3 is 2.94 bits per heavy atom. The number of alkyl halides is 1. The summed E-state index contributed by atoms with van der Waals surface area (Å²) in [5, 5.41) is 1.27. The topological polar surface area (TPSA) is 12.9 Å². The molecule has 0 atom stereocenters. The minimum Gasteiger partial charge on any atom is -0.256 e. The zero-order chi connectivity index (χ0) is 11.2. The Labute approximate surface area is 105 Å². The fourth-order valence-electron chi connectivity index (χ4n) is 1.62. The number of para-hydroxylation sites is 1. The Bertz CT molecular complexity index is 453. The zero-order valence-electron chi connectivity index (χ0n) is 9.03. The second kappa shape index (κ2) is 6.12. The number of pyridine rings is 1. The highest BCUT2D eigenvalue weighted by atomic mass is 35.5. The van der Waals surface area contributed by atoms with Gasteiger partial charge < -0.3 is 0 Å². The van der Waals surface area contributed by atoms with Crippen molar-refractivity contribution in [3.8, 4) is 0 Å². The van der Waals surface area contributed by atoms with E-state index in [0.29, 0.717) is 0 Å². The molecule has 0 N–H and O–H groups in total. The maximum Gasteiger partial charge on any atom is 0.0705 e. The molecule has 2 aromatic rings. The molecule has 0 aliphatic carbocycles. The summed E-state index contributed by atoms with van der Waals surface area (Å²) in [6.45, 7) is 0. The zero-order valence-corrected chi connectivity index (χ0v) is 10.6. The van der Waals surface area contributed by atoms with Crippen molar-refractivity contribution >= 4 is 34.3 Å². The van der Waals surface area contributed by atoms with Crippen molar-refractivity contribution in [2.75, 3.05) is 11.6 Å². The second-order valence-electron chi connectivity index (χ2n) is 3.58. The lowest BCUT2D eigenvalue weighted by molar-refractivity contribution is 1.11. The van der Waals surface area contributed by atoms with E-state index < -0.39 is 0 Å². The van der Waals surface area contributed by atoms with Crippen LogP contribution in [0.4, 0.5) is 0 Å². The van der Waals surface area contributed by atoms with Crippen LogP contribution in [-0.2, 0) is 5.75 Å². The predicted molar refractivity (Wildman–Crippen MR) is 73.2 cm³/mol. The maximum atomic E-state index is 5.66. The van der Waals surface area contributed by atoms with Crippen LogP contribution in [0, 0.1) is 0 Å². The van der Waals surface area contributed by atoms with Gasteiger partial charge in [-0.25, -0.2) is 0 Å². The van der Waals surface area contributed by atoms with E-state index in [0.717, 1.165) is 29.3 Å². The van der Waals surface area contributed by atoms with Crippen LogP contribution in [-0.4, -0.2) is 16.6 Å². The van der Waals surface area contributed by atoms with Crippen molar-refractivity contribution in [3.05, 3.63) is 42.1 Å². The lowest BCUT2D eigenvalue weighted by atomic mass is 10.1. The minimum absolute atomic E-state index is 0.754. The molecule has 16 heavy (non-hydrogen) atoms. The van der Waals surface area contributed by atoms with Gasteiger partial charge in [0.25, 0.3) is 0 Å². The summed E-state index contributed by atoms with van der Waals surface area (Å²) in [6.07, 6.45) is 2.97. The van der Waals surface area contributed by atoms with Crippen molar-refractivity contribution in [1.29, 1.82) is 0 Å². The molecule has 84 valence electrons. The Balaban J connectivity index is 2.11. The van der Waals surface area contributed by atoms with Gasteiger partial charge in [0.05, 0.1) is 5.52 Å². The number of benzene rings is 1. The number of halogens is 1. The molecule has 0 fully saturated rings. The third kappa shape index (κ3) is 2.89. The predicted octanol–water partition coefficient (Wildman–Crippen LogP) is 4.10. The lowest BCUT2D eigenvalue weighted by Crippen LogP contribution is -1.88. The molecule has 0 saturated heterocycles. The average molecular weight is 252 g/mol. The second-order valence-corrected chi connectivity index (χ2v) is 5.07. The van der Waals surface area contributed by atoms with Gasteiger partial charge in [-0.1, -0.05) is 18.2 Å². The molecule has 0 radical (unpaired) electrons. The first-order valence-corrected chi connectivity index (χ1v) is 7.07. The largest absolute Gasteiger partial charge is 0.256 e. The van der Waals surface area contributed by atoms with Gasteiger partial charge in [0, 0.05) is 23.2 Å². The number of aromatic nitrogens is 1. The van der Waals surface area contributed by atoms with Gasteiger partial charge in [-0.3, -0.25) is 4.98 Å². The SMILES string of the molecule is ClCCCSCc1ccnc2ccccc12. The number of hydrogen-bond donors (Lipinski definition) is 0. The molecule has 1 aromatic carbocycles. The van der Waals surface area contributed by atoms with Gasteiger partial charge in [-0.05, 0) is 29.9 Å². The van der Waals surface area contributed by atoms with E-state index in [1.165, 1.54) is 10.9 Å². The van der Waals surface area contributed by atoms with Gasteiger partial charge in [0.15, 0.2) is 0 Å². The molecule has 0 spiro atoms.